The van der Waals surface area contributed by atoms with Crippen LogP contribution in [-0.4, -0.2) is 28.6 Å². The number of carbonyl (C=O) groups excluding carboxylic acids is 1. The first-order valence-corrected chi connectivity index (χ1v) is 7.23. The van der Waals surface area contributed by atoms with Gasteiger partial charge in [0.2, 0.25) is 11.8 Å². The van der Waals surface area contributed by atoms with Gasteiger partial charge >= 0.3 is 0 Å². The van der Waals surface area contributed by atoms with Crippen molar-refractivity contribution < 1.29 is 18.7 Å². The monoisotopic (exact) mass is 306 g/mol. The minimum Gasteiger partial charge on any atom is -0.444 e. The van der Waals surface area contributed by atoms with Crippen LogP contribution in [0.1, 0.15) is 25.5 Å². The highest BCUT2D eigenvalue weighted by Gasteiger charge is 2.13. The number of aliphatic hydroxyl groups excluding tert-OH is 1. The van der Waals surface area contributed by atoms with Gasteiger partial charge in [-0.3, -0.25) is 4.79 Å². The van der Waals surface area contributed by atoms with E-state index in [1.807, 2.05) is 6.92 Å². The van der Waals surface area contributed by atoms with Crippen molar-refractivity contribution in [3.63, 3.8) is 0 Å². The molecule has 0 fully saturated rings. The molecule has 1 amide bonds. The molecule has 0 saturated carbocycles. The van der Waals surface area contributed by atoms with E-state index in [0.717, 1.165) is 6.42 Å². The van der Waals surface area contributed by atoms with Crippen LogP contribution in [0.3, 0.4) is 0 Å². The fourth-order valence-electron chi connectivity index (χ4n) is 2.09. The molecule has 1 unspecified atom stereocenters. The maximum absolute atomic E-state index is 12.9. The van der Waals surface area contributed by atoms with Crippen LogP contribution in [0, 0.1) is 5.82 Å². The molecule has 2 rings (SSSR count). The summed E-state index contributed by atoms with van der Waals surface area (Å²) < 4.78 is 18.2. The molecule has 1 atom stereocenters. The molecule has 5 nitrogen and oxygen atoms in total. The number of amides is 1. The fourth-order valence-corrected chi connectivity index (χ4v) is 2.09. The average Bonchev–Trinajstić information content (AvgIpc) is 2.95. The Balaban J connectivity index is 1.97. The van der Waals surface area contributed by atoms with E-state index in [-0.39, 0.29) is 30.8 Å². The zero-order chi connectivity index (χ0) is 15.9. The van der Waals surface area contributed by atoms with Crippen LogP contribution in [0.25, 0.3) is 11.5 Å². The Hall–Kier alpha value is -2.21. The number of hydrogen-bond donors (Lipinski definition) is 2. The molecule has 0 radical (unpaired) electrons. The third-order valence-electron chi connectivity index (χ3n) is 3.32. The van der Waals surface area contributed by atoms with Gasteiger partial charge in [0, 0.05) is 18.2 Å². The molecule has 118 valence electrons. The highest BCUT2D eigenvalue weighted by molar-refractivity contribution is 5.78. The smallest absolute Gasteiger partial charge is 0.226 e. The van der Waals surface area contributed by atoms with Crippen LogP contribution in [0.5, 0.6) is 0 Å². The third-order valence-corrected chi connectivity index (χ3v) is 3.32. The summed E-state index contributed by atoms with van der Waals surface area (Å²) in [6, 6.07) is 5.75. The molecule has 2 aromatic rings. The Morgan fingerprint density at radius 2 is 2.14 bits per heavy atom. The largest absolute Gasteiger partial charge is 0.444 e. The number of benzene rings is 1. The maximum atomic E-state index is 12.9. The summed E-state index contributed by atoms with van der Waals surface area (Å²) >= 11 is 0. The molecule has 1 aromatic heterocycles. The quantitative estimate of drug-likeness (QED) is 0.823. The lowest BCUT2D eigenvalue weighted by atomic mass is 10.1. The number of hydrogen-bond acceptors (Lipinski definition) is 4. The molecule has 1 aromatic carbocycles. The van der Waals surface area contributed by atoms with E-state index in [0.29, 0.717) is 23.6 Å². The molecule has 6 heteroatoms. The van der Waals surface area contributed by atoms with Crippen LogP contribution in [0.4, 0.5) is 4.39 Å². The van der Waals surface area contributed by atoms with Gasteiger partial charge in [0.25, 0.3) is 0 Å². The Kier molecular flexibility index (Phi) is 5.66. The summed E-state index contributed by atoms with van der Waals surface area (Å²) in [6.07, 6.45) is 2.81. The molecule has 22 heavy (non-hydrogen) atoms. The molecule has 2 N–H and O–H groups in total. The van der Waals surface area contributed by atoms with E-state index in [1.54, 1.807) is 12.1 Å². The Morgan fingerprint density at radius 1 is 1.41 bits per heavy atom. The van der Waals surface area contributed by atoms with Gasteiger partial charge in [-0.2, -0.15) is 0 Å². The zero-order valence-electron chi connectivity index (χ0n) is 12.4. The first-order chi connectivity index (χ1) is 10.6. The van der Waals surface area contributed by atoms with Crippen LogP contribution in [-0.2, 0) is 11.2 Å². The first-order valence-electron chi connectivity index (χ1n) is 7.23. The highest BCUT2D eigenvalue weighted by Crippen LogP contribution is 2.19. The number of rotatable bonds is 7. The van der Waals surface area contributed by atoms with Crippen molar-refractivity contribution in [2.75, 3.05) is 6.61 Å². The van der Waals surface area contributed by atoms with Crippen molar-refractivity contribution in [1.29, 1.82) is 0 Å². The van der Waals surface area contributed by atoms with Crippen LogP contribution in [0.15, 0.2) is 34.9 Å². The molecule has 0 aliphatic heterocycles. The van der Waals surface area contributed by atoms with Crippen molar-refractivity contribution in [3.05, 3.63) is 42.0 Å². The third kappa shape index (κ3) is 4.39. The lowest BCUT2D eigenvalue weighted by Gasteiger charge is -2.14. The van der Waals surface area contributed by atoms with E-state index < -0.39 is 0 Å². The number of aliphatic hydroxyl groups is 1. The summed E-state index contributed by atoms with van der Waals surface area (Å²) in [4.78, 5) is 16.2. The van der Waals surface area contributed by atoms with Gasteiger partial charge in [-0.15, -0.1) is 0 Å². The van der Waals surface area contributed by atoms with Gasteiger partial charge in [-0.1, -0.05) is 6.92 Å². The summed E-state index contributed by atoms with van der Waals surface area (Å²) in [5, 5.41) is 11.8. The zero-order valence-corrected chi connectivity index (χ0v) is 12.4. The lowest BCUT2D eigenvalue weighted by molar-refractivity contribution is -0.121. The fraction of sp³-hybridized carbons (Fsp3) is 0.375. The number of aromatic nitrogens is 1. The van der Waals surface area contributed by atoms with Gasteiger partial charge in [0.15, 0.2) is 0 Å². The van der Waals surface area contributed by atoms with Crippen LogP contribution in [0.2, 0.25) is 0 Å². The number of carbonyl (C=O) groups is 1. The number of nitrogens with zero attached hydrogens (tertiary/aromatic N) is 1. The van der Waals surface area contributed by atoms with E-state index in [9.17, 15) is 9.18 Å². The normalized spacial score (nSPS) is 12.1. The van der Waals surface area contributed by atoms with Crippen molar-refractivity contribution in [2.24, 2.45) is 0 Å². The number of halogens is 1. The van der Waals surface area contributed by atoms with Gasteiger partial charge in [0.1, 0.15) is 12.1 Å². The first kappa shape index (κ1) is 16.2. The molecule has 0 saturated heterocycles. The van der Waals surface area contributed by atoms with Crippen molar-refractivity contribution in [3.8, 4) is 11.5 Å². The molecule has 0 bridgehead atoms. The van der Waals surface area contributed by atoms with Gasteiger partial charge in [-0.25, -0.2) is 9.37 Å². The van der Waals surface area contributed by atoms with Crippen LogP contribution >= 0.6 is 0 Å². The predicted octanol–water partition coefficient (Wildman–Crippen LogP) is 2.30. The minimum absolute atomic E-state index is 0.0391. The van der Waals surface area contributed by atoms with Gasteiger partial charge in [0.05, 0.1) is 12.1 Å². The molecular formula is C16H19FN2O3. The van der Waals surface area contributed by atoms with Crippen molar-refractivity contribution >= 4 is 5.91 Å². The standard InChI is InChI=1S/C16H19FN2O3/c1-2-13(7-8-20)18-15(21)9-14-10-22-16(19-14)11-3-5-12(17)6-4-11/h3-6,10,13,20H,2,7-9H2,1H3,(H,18,21). The summed E-state index contributed by atoms with van der Waals surface area (Å²) in [6.45, 7) is 1.99. The predicted molar refractivity (Wildman–Crippen MR) is 79.5 cm³/mol. The van der Waals surface area contributed by atoms with Gasteiger partial charge in [-0.05, 0) is 37.1 Å². The Morgan fingerprint density at radius 3 is 2.77 bits per heavy atom. The lowest BCUT2D eigenvalue weighted by Crippen LogP contribution is -2.36. The molecule has 0 spiro atoms. The highest BCUT2D eigenvalue weighted by atomic mass is 19.1. The topological polar surface area (TPSA) is 75.4 Å². The molecule has 0 aliphatic rings. The second-order valence-corrected chi connectivity index (χ2v) is 5.01. The number of nitrogens with one attached hydrogen (secondary N) is 1. The second-order valence-electron chi connectivity index (χ2n) is 5.01. The summed E-state index contributed by atoms with van der Waals surface area (Å²) in [5.41, 5.74) is 1.16. The van der Waals surface area contributed by atoms with Gasteiger partial charge < -0.3 is 14.8 Å². The Bertz CT molecular complexity index is 610. The van der Waals surface area contributed by atoms with Crippen molar-refractivity contribution in [1.82, 2.24) is 10.3 Å². The van der Waals surface area contributed by atoms with Crippen LogP contribution < -0.4 is 5.32 Å². The summed E-state index contributed by atoms with van der Waals surface area (Å²) in [5.74, 6) is -0.145. The van der Waals surface area contributed by atoms with E-state index in [4.69, 9.17) is 9.52 Å². The molecule has 0 aliphatic carbocycles. The number of oxazole rings is 1. The molecular weight excluding hydrogens is 287 g/mol. The van der Waals surface area contributed by atoms with E-state index in [1.165, 1.54) is 18.4 Å². The Labute approximate surface area is 128 Å². The minimum atomic E-state index is -0.329. The van der Waals surface area contributed by atoms with Crippen molar-refractivity contribution in [2.45, 2.75) is 32.2 Å². The molecule has 1 heterocycles. The van der Waals surface area contributed by atoms with E-state index >= 15 is 0 Å². The second kappa shape index (κ2) is 7.70. The summed E-state index contributed by atoms with van der Waals surface area (Å²) in [7, 11) is 0. The SMILES string of the molecule is CCC(CCO)NC(=O)Cc1coc(-c2ccc(F)cc2)n1. The average molecular weight is 306 g/mol. The van der Waals surface area contributed by atoms with E-state index in [2.05, 4.69) is 10.3 Å². The maximum Gasteiger partial charge on any atom is 0.226 e.